The smallest absolute Gasteiger partial charge is 0.234 e. The number of rotatable bonds is 3. The van der Waals surface area contributed by atoms with Crippen LogP contribution in [0.2, 0.25) is 0 Å². The largest absolute Gasteiger partial charge is 0.352 e. The first-order valence-corrected chi connectivity index (χ1v) is 5.93. The Morgan fingerprint density at radius 3 is 2.76 bits per heavy atom. The third kappa shape index (κ3) is 2.47. The average Bonchev–Trinajstić information content (AvgIpc) is 2.35. The van der Waals surface area contributed by atoms with E-state index in [1.54, 1.807) is 0 Å². The van der Waals surface area contributed by atoms with Gasteiger partial charge in [0.25, 0.3) is 0 Å². The van der Waals surface area contributed by atoms with Gasteiger partial charge in [-0.05, 0) is 23.8 Å². The molecule has 1 aliphatic carbocycles. The molecular formula is C14H16N2O. The standard InChI is InChI=1S/C14H16N2O/c1-10-12(11-5-3-2-4-6-11)9-13(10)16-14(17)7-8-15/h2-6,10,12-13H,7,9H2,1H3,(H,16,17)/t10-,12-,13-/m0/s1. The summed E-state index contributed by atoms with van der Waals surface area (Å²) in [5.41, 5.74) is 1.34. The van der Waals surface area contributed by atoms with Crippen LogP contribution in [0.1, 0.15) is 31.2 Å². The van der Waals surface area contributed by atoms with Crippen LogP contribution in [-0.2, 0) is 4.79 Å². The number of nitrogens with one attached hydrogen (secondary N) is 1. The van der Waals surface area contributed by atoms with Crippen LogP contribution in [0.15, 0.2) is 30.3 Å². The van der Waals surface area contributed by atoms with Crippen molar-refractivity contribution in [2.24, 2.45) is 5.92 Å². The van der Waals surface area contributed by atoms with Crippen molar-refractivity contribution in [2.45, 2.75) is 31.7 Å². The summed E-state index contributed by atoms with van der Waals surface area (Å²) < 4.78 is 0. The Morgan fingerprint density at radius 2 is 2.18 bits per heavy atom. The first-order valence-electron chi connectivity index (χ1n) is 5.93. The van der Waals surface area contributed by atoms with Gasteiger partial charge in [-0.2, -0.15) is 5.26 Å². The number of nitriles is 1. The highest BCUT2D eigenvalue weighted by Crippen LogP contribution is 2.42. The van der Waals surface area contributed by atoms with Crippen LogP contribution < -0.4 is 5.32 Å². The normalized spacial score (nSPS) is 26.7. The Labute approximate surface area is 101 Å². The van der Waals surface area contributed by atoms with Gasteiger partial charge in [-0.1, -0.05) is 37.3 Å². The number of hydrogen-bond acceptors (Lipinski definition) is 2. The number of benzene rings is 1. The average molecular weight is 228 g/mol. The molecule has 17 heavy (non-hydrogen) atoms. The number of hydrogen-bond donors (Lipinski definition) is 1. The fourth-order valence-corrected chi connectivity index (χ4v) is 2.45. The molecule has 3 heteroatoms. The van der Waals surface area contributed by atoms with E-state index in [2.05, 4.69) is 24.4 Å². The molecule has 1 aliphatic rings. The van der Waals surface area contributed by atoms with Crippen LogP contribution in [0.5, 0.6) is 0 Å². The van der Waals surface area contributed by atoms with Gasteiger partial charge < -0.3 is 5.32 Å². The van der Waals surface area contributed by atoms with E-state index in [-0.39, 0.29) is 18.4 Å². The molecule has 1 aromatic rings. The van der Waals surface area contributed by atoms with Crippen molar-refractivity contribution < 1.29 is 4.79 Å². The van der Waals surface area contributed by atoms with Crippen molar-refractivity contribution >= 4 is 5.91 Å². The van der Waals surface area contributed by atoms with Crippen molar-refractivity contribution in [1.82, 2.24) is 5.32 Å². The molecule has 0 heterocycles. The number of carbonyl (C=O) groups is 1. The van der Waals surface area contributed by atoms with Crippen molar-refractivity contribution in [3.05, 3.63) is 35.9 Å². The Morgan fingerprint density at radius 1 is 1.47 bits per heavy atom. The van der Waals surface area contributed by atoms with Gasteiger partial charge in [-0.25, -0.2) is 0 Å². The number of nitrogens with zero attached hydrogens (tertiary/aromatic N) is 1. The molecule has 3 nitrogen and oxygen atoms in total. The molecule has 88 valence electrons. The van der Waals surface area contributed by atoms with Gasteiger partial charge in [0.2, 0.25) is 5.91 Å². The van der Waals surface area contributed by atoms with Crippen LogP contribution in [0, 0.1) is 17.2 Å². The summed E-state index contributed by atoms with van der Waals surface area (Å²) in [6.45, 7) is 2.15. The zero-order valence-corrected chi connectivity index (χ0v) is 9.89. The maximum absolute atomic E-state index is 11.3. The Balaban J connectivity index is 1.90. The van der Waals surface area contributed by atoms with Crippen molar-refractivity contribution in [3.63, 3.8) is 0 Å². The van der Waals surface area contributed by atoms with Gasteiger partial charge in [0.05, 0.1) is 6.07 Å². The Hall–Kier alpha value is -1.82. The third-order valence-electron chi connectivity index (χ3n) is 3.59. The summed E-state index contributed by atoms with van der Waals surface area (Å²) in [7, 11) is 0. The highest BCUT2D eigenvalue weighted by molar-refractivity contribution is 5.78. The third-order valence-corrected chi connectivity index (χ3v) is 3.59. The van der Waals surface area contributed by atoms with E-state index in [1.165, 1.54) is 5.56 Å². The van der Waals surface area contributed by atoms with Crippen molar-refractivity contribution in [3.8, 4) is 6.07 Å². The van der Waals surface area contributed by atoms with E-state index < -0.39 is 0 Å². The van der Waals surface area contributed by atoms with Crippen LogP contribution in [-0.4, -0.2) is 11.9 Å². The molecule has 0 radical (unpaired) electrons. The molecule has 0 aromatic heterocycles. The molecule has 0 bridgehead atoms. The minimum Gasteiger partial charge on any atom is -0.352 e. The monoisotopic (exact) mass is 228 g/mol. The molecular weight excluding hydrogens is 212 g/mol. The van der Waals surface area contributed by atoms with E-state index in [9.17, 15) is 4.79 Å². The minimum absolute atomic E-state index is 0.0424. The Kier molecular flexibility index (Phi) is 3.43. The van der Waals surface area contributed by atoms with Crippen molar-refractivity contribution in [2.75, 3.05) is 0 Å². The molecule has 0 unspecified atom stereocenters. The van der Waals surface area contributed by atoms with Gasteiger partial charge in [-0.3, -0.25) is 4.79 Å². The second-order valence-electron chi connectivity index (χ2n) is 4.62. The molecule has 0 aliphatic heterocycles. The van der Waals surface area contributed by atoms with Crippen LogP contribution >= 0.6 is 0 Å². The zero-order valence-electron chi connectivity index (χ0n) is 9.89. The first-order chi connectivity index (χ1) is 8.22. The Bertz CT molecular complexity index is 435. The quantitative estimate of drug-likeness (QED) is 0.862. The molecule has 1 saturated carbocycles. The summed E-state index contributed by atoms with van der Waals surface area (Å²) in [6, 6.07) is 12.5. The summed E-state index contributed by atoms with van der Waals surface area (Å²) in [5.74, 6) is 0.819. The van der Waals surface area contributed by atoms with Gasteiger partial charge in [0.15, 0.2) is 0 Å². The fourth-order valence-electron chi connectivity index (χ4n) is 2.45. The first kappa shape index (κ1) is 11.7. The number of carbonyl (C=O) groups excluding carboxylic acids is 1. The lowest BCUT2D eigenvalue weighted by Crippen LogP contribution is -2.50. The lowest BCUT2D eigenvalue weighted by molar-refractivity contribution is -0.122. The molecule has 0 saturated heterocycles. The summed E-state index contributed by atoms with van der Waals surface area (Å²) in [5, 5.41) is 11.3. The molecule has 1 fully saturated rings. The summed E-state index contributed by atoms with van der Waals surface area (Å²) in [6.07, 6.45) is 0.932. The summed E-state index contributed by atoms with van der Waals surface area (Å²) in [4.78, 5) is 11.3. The van der Waals surface area contributed by atoms with Crippen LogP contribution in [0.3, 0.4) is 0 Å². The molecule has 2 rings (SSSR count). The summed E-state index contributed by atoms with van der Waals surface area (Å²) >= 11 is 0. The van der Waals surface area contributed by atoms with Gasteiger partial charge in [0, 0.05) is 6.04 Å². The van der Waals surface area contributed by atoms with Gasteiger partial charge in [0.1, 0.15) is 6.42 Å². The molecule has 1 aromatic carbocycles. The predicted molar refractivity (Wildman–Crippen MR) is 65.1 cm³/mol. The van der Waals surface area contributed by atoms with E-state index in [0.717, 1.165) is 6.42 Å². The van der Waals surface area contributed by atoms with E-state index in [4.69, 9.17) is 5.26 Å². The zero-order chi connectivity index (χ0) is 12.3. The SMILES string of the molecule is C[C@@H]1[C@@H](NC(=O)CC#N)C[C@@H]1c1ccccc1. The lowest BCUT2D eigenvalue weighted by Gasteiger charge is -2.43. The maximum Gasteiger partial charge on any atom is 0.234 e. The van der Waals surface area contributed by atoms with E-state index in [1.807, 2.05) is 24.3 Å². The highest BCUT2D eigenvalue weighted by atomic mass is 16.1. The van der Waals surface area contributed by atoms with E-state index in [0.29, 0.717) is 11.8 Å². The molecule has 0 spiro atoms. The van der Waals surface area contributed by atoms with Gasteiger partial charge in [-0.15, -0.1) is 0 Å². The predicted octanol–water partition coefficient (Wildman–Crippen LogP) is 2.21. The highest BCUT2D eigenvalue weighted by Gasteiger charge is 2.39. The molecule has 1 amide bonds. The van der Waals surface area contributed by atoms with Gasteiger partial charge >= 0.3 is 0 Å². The topological polar surface area (TPSA) is 52.9 Å². The van der Waals surface area contributed by atoms with Crippen LogP contribution in [0.25, 0.3) is 0 Å². The second-order valence-corrected chi connectivity index (χ2v) is 4.62. The fraction of sp³-hybridized carbons (Fsp3) is 0.429. The molecule has 3 atom stereocenters. The lowest BCUT2D eigenvalue weighted by atomic mass is 9.67. The molecule has 1 N–H and O–H groups in total. The van der Waals surface area contributed by atoms with E-state index >= 15 is 0 Å². The minimum atomic E-state index is -0.157. The maximum atomic E-state index is 11.3. The second kappa shape index (κ2) is 5.01. The van der Waals surface area contributed by atoms with Crippen LogP contribution in [0.4, 0.5) is 0 Å². The van der Waals surface area contributed by atoms with Crippen molar-refractivity contribution in [1.29, 1.82) is 5.26 Å². The number of amides is 1.